The fourth-order valence-corrected chi connectivity index (χ4v) is 7.65. The molecule has 1 atom stereocenters. The van der Waals surface area contributed by atoms with Crippen LogP contribution in [0.1, 0.15) is 17.8 Å². The number of halogens is 1. The second kappa shape index (κ2) is 11.5. The van der Waals surface area contributed by atoms with Crippen molar-refractivity contribution >= 4 is 77.9 Å². The summed E-state index contributed by atoms with van der Waals surface area (Å²) in [6, 6.07) is 15.7. The second-order valence-electron chi connectivity index (χ2n) is 8.66. The van der Waals surface area contributed by atoms with Gasteiger partial charge in [-0.3, -0.25) is 4.21 Å². The lowest BCUT2D eigenvalue weighted by molar-refractivity contribution is -0.668. The Morgan fingerprint density at radius 2 is 1.89 bits per heavy atom. The molecule has 13 heteroatoms. The van der Waals surface area contributed by atoms with Gasteiger partial charge < -0.3 is 18.6 Å². The van der Waals surface area contributed by atoms with Crippen LogP contribution in [0.15, 0.2) is 70.8 Å². The molecule has 3 heterocycles. The minimum Gasteiger partial charge on any atom is -0.772 e. The molecule has 0 fully saturated rings. The third-order valence-corrected chi connectivity index (χ3v) is 9.90. The number of aryl methyl sites for hydroxylation is 1. The first-order valence-corrected chi connectivity index (χ1v) is 16.6. The highest BCUT2D eigenvalue weighted by atomic mass is 35.5. The molecule has 0 saturated heterocycles. The van der Waals surface area contributed by atoms with Gasteiger partial charge in [-0.25, -0.2) is 8.42 Å². The average Bonchev–Trinajstić information content (AvgIpc) is 3.57. The van der Waals surface area contributed by atoms with E-state index in [4.69, 9.17) is 11.6 Å². The van der Waals surface area contributed by atoms with Crippen molar-refractivity contribution in [3.05, 3.63) is 76.0 Å². The molecule has 0 radical (unpaired) electrons. The van der Waals surface area contributed by atoms with E-state index in [1.54, 1.807) is 23.1 Å². The number of thiazole rings is 1. The highest BCUT2D eigenvalue weighted by Gasteiger charge is 2.28. The van der Waals surface area contributed by atoms with Crippen LogP contribution >= 0.6 is 34.7 Å². The van der Waals surface area contributed by atoms with Crippen LogP contribution in [-0.2, 0) is 27.7 Å². The monoisotopic (exact) mass is 608 g/mol. The van der Waals surface area contributed by atoms with Crippen LogP contribution in [0.25, 0.3) is 22.0 Å². The Balaban J connectivity index is 1.56. The van der Waals surface area contributed by atoms with E-state index in [-0.39, 0.29) is 12.2 Å². The van der Waals surface area contributed by atoms with Gasteiger partial charge >= 0.3 is 0 Å². The third-order valence-electron chi connectivity index (χ3n) is 6.02. The zero-order chi connectivity index (χ0) is 26.9. The molecule has 0 saturated carbocycles. The first-order chi connectivity index (χ1) is 18.2. The lowest BCUT2D eigenvalue weighted by atomic mass is 10.2. The molecule has 5 rings (SSSR count). The van der Waals surface area contributed by atoms with Gasteiger partial charge in [0.25, 0.3) is 5.01 Å². The number of thioether (sulfide) groups is 1. The number of nitrogens with zero attached hydrogens (tertiary/aromatic N) is 3. The van der Waals surface area contributed by atoms with Crippen LogP contribution in [0.4, 0.5) is 5.69 Å². The Bertz CT molecular complexity index is 1630. The first kappa shape index (κ1) is 27.4. The van der Waals surface area contributed by atoms with E-state index >= 15 is 0 Å². The molecule has 4 aromatic rings. The van der Waals surface area contributed by atoms with Crippen LogP contribution in [0.2, 0.25) is 5.02 Å². The van der Waals surface area contributed by atoms with Gasteiger partial charge in [-0.1, -0.05) is 45.8 Å². The van der Waals surface area contributed by atoms with Crippen LogP contribution in [-0.4, -0.2) is 44.3 Å². The summed E-state index contributed by atoms with van der Waals surface area (Å²) in [5.41, 5.74) is 2.83. The topological polar surface area (TPSA) is 109 Å². The number of fused-ring (bicyclic) bond motifs is 2. The Morgan fingerprint density at radius 3 is 2.63 bits per heavy atom. The molecule has 1 aliphatic heterocycles. The SMILES string of the molecule is O=S([O-])CCCN1/C(=C/c2sc3ccc(-n4cccc4)cc3[n+]2CCCS(=O)(=O)[O-])Sc2ccc(Cl)cc21. The smallest absolute Gasteiger partial charge is 0.265 e. The molecule has 8 nitrogen and oxygen atoms in total. The molecular formula is C25H23ClN3O5S4-. The number of benzene rings is 2. The third kappa shape index (κ3) is 6.33. The van der Waals surface area contributed by atoms with Gasteiger partial charge in [0, 0.05) is 52.8 Å². The maximum Gasteiger partial charge on any atom is 0.265 e. The minimum absolute atomic E-state index is 0.0546. The van der Waals surface area contributed by atoms with Gasteiger partial charge in [0.05, 0.1) is 32.6 Å². The van der Waals surface area contributed by atoms with Crippen LogP contribution in [0, 0.1) is 0 Å². The standard InChI is InChI=1S/C25H24ClN3O5S4/c26-18-5-7-22-20(15-18)28(11-3-13-37(30)31)24(35-22)17-25-29(12-4-14-38(32,33)34)21-16-19(6-8-23(21)36-25)27-9-1-2-10-27/h1-2,5-10,15-17H,3-4,11-14H2,(H-,30,31,32,33,34)/p-1. The fraction of sp³-hybridized carbons (Fsp3) is 0.240. The van der Waals surface area contributed by atoms with E-state index in [0.29, 0.717) is 24.5 Å². The number of anilines is 1. The molecule has 38 heavy (non-hydrogen) atoms. The number of hydrogen-bond donors (Lipinski definition) is 0. The normalized spacial score (nSPS) is 15.4. The fourth-order valence-electron chi connectivity index (χ4n) is 4.35. The van der Waals surface area contributed by atoms with E-state index in [2.05, 4.69) is 11.0 Å². The molecule has 0 spiro atoms. The highest BCUT2D eigenvalue weighted by Crippen LogP contribution is 2.47. The predicted octanol–water partition coefficient (Wildman–Crippen LogP) is 4.75. The largest absolute Gasteiger partial charge is 0.772 e. The summed E-state index contributed by atoms with van der Waals surface area (Å²) in [5, 5.41) is 2.41. The Morgan fingerprint density at radius 1 is 1.11 bits per heavy atom. The Kier molecular flexibility index (Phi) is 8.29. The summed E-state index contributed by atoms with van der Waals surface area (Å²) in [4.78, 5) is 3.09. The van der Waals surface area contributed by atoms with Gasteiger partial charge in [-0.2, -0.15) is 4.57 Å². The van der Waals surface area contributed by atoms with Crippen molar-refractivity contribution in [2.75, 3.05) is 23.0 Å². The van der Waals surface area contributed by atoms with Crippen LogP contribution in [0.5, 0.6) is 0 Å². The number of aromatic nitrogens is 2. The van der Waals surface area contributed by atoms with E-state index in [1.807, 2.05) is 70.1 Å². The second-order valence-corrected chi connectivity index (χ2v) is 13.8. The molecular weight excluding hydrogens is 586 g/mol. The number of hydrogen-bond acceptors (Lipinski definition) is 8. The molecule has 0 bridgehead atoms. The summed E-state index contributed by atoms with van der Waals surface area (Å²) in [6.45, 7) is 0.853. The quantitative estimate of drug-likeness (QED) is 0.145. The molecule has 200 valence electrons. The van der Waals surface area contributed by atoms with Crippen molar-refractivity contribution in [3.8, 4) is 5.69 Å². The van der Waals surface area contributed by atoms with Gasteiger partial charge in [0.15, 0.2) is 6.54 Å². The maximum absolute atomic E-state index is 11.3. The summed E-state index contributed by atoms with van der Waals surface area (Å²) in [6.07, 6.45) is 6.59. The van der Waals surface area contributed by atoms with Crippen molar-refractivity contribution < 1.29 is 26.3 Å². The van der Waals surface area contributed by atoms with Gasteiger partial charge in [0.1, 0.15) is 4.70 Å². The van der Waals surface area contributed by atoms with Gasteiger partial charge in [-0.05, 0) is 48.9 Å². The van der Waals surface area contributed by atoms with Gasteiger partial charge in [0.2, 0.25) is 5.52 Å². The van der Waals surface area contributed by atoms with Crippen molar-refractivity contribution in [2.24, 2.45) is 0 Å². The predicted molar refractivity (Wildman–Crippen MR) is 152 cm³/mol. The van der Waals surface area contributed by atoms with Gasteiger partial charge in [-0.15, -0.1) is 0 Å². The maximum atomic E-state index is 11.3. The van der Waals surface area contributed by atoms with Crippen LogP contribution in [0.3, 0.4) is 0 Å². The van der Waals surface area contributed by atoms with Crippen molar-refractivity contribution in [3.63, 3.8) is 0 Å². The zero-order valence-electron chi connectivity index (χ0n) is 20.0. The van der Waals surface area contributed by atoms with Crippen molar-refractivity contribution in [2.45, 2.75) is 24.3 Å². The first-order valence-electron chi connectivity index (χ1n) is 11.7. The lowest BCUT2D eigenvalue weighted by Crippen LogP contribution is -2.36. The lowest BCUT2D eigenvalue weighted by Gasteiger charge is -2.20. The molecule has 1 aliphatic rings. The van der Waals surface area contributed by atoms with Crippen molar-refractivity contribution in [1.29, 1.82) is 0 Å². The summed E-state index contributed by atoms with van der Waals surface area (Å²) in [7, 11) is -4.33. The summed E-state index contributed by atoms with van der Waals surface area (Å²) < 4.78 is 61.3. The number of rotatable bonds is 10. The summed E-state index contributed by atoms with van der Waals surface area (Å²) >= 11 is 7.30. The highest BCUT2D eigenvalue weighted by molar-refractivity contribution is 8.03. The molecule has 0 N–H and O–H groups in total. The van der Waals surface area contributed by atoms with E-state index in [0.717, 1.165) is 36.5 Å². The summed E-state index contributed by atoms with van der Waals surface area (Å²) in [5.74, 6) is -0.388. The van der Waals surface area contributed by atoms with Crippen LogP contribution < -0.4 is 9.47 Å². The zero-order valence-corrected chi connectivity index (χ0v) is 24.0. The van der Waals surface area contributed by atoms with E-state index in [9.17, 15) is 21.7 Å². The van der Waals surface area contributed by atoms with E-state index in [1.165, 1.54) is 0 Å². The molecule has 0 aliphatic carbocycles. The van der Waals surface area contributed by atoms with Crippen molar-refractivity contribution in [1.82, 2.24) is 4.57 Å². The molecule has 2 aromatic heterocycles. The molecule has 0 amide bonds. The Hall–Kier alpha value is -2.19. The van der Waals surface area contributed by atoms with E-state index < -0.39 is 27.0 Å². The molecule has 2 aromatic carbocycles. The minimum atomic E-state index is -4.33. The molecule has 1 unspecified atom stereocenters. The Labute approximate surface area is 236 Å². The average molecular weight is 609 g/mol.